The van der Waals surface area contributed by atoms with Crippen molar-refractivity contribution in [2.24, 2.45) is 0 Å². The van der Waals surface area contributed by atoms with Gasteiger partial charge in [0.2, 0.25) is 5.91 Å². The molecule has 11 nitrogen and oxygen atoms in total. The highest BCUT2D eigenvalue weighted by Gasteiger charge is 2.27. The number of benzene rings is 1. The number of nitrogens with zero attached hydrogens (tertiary/aromatic N) is 1. The summed E-state index contributed by atoms with van der Waals surface area (Å²) < 4.78 is 26.7. The van der Waals surface area contributed by atoms with Crippen molar-refractivity contribution >= 4 is 23.6 Å². The highest BCUT2D eigenvalue weighted by molar-refractivity contribution is 6.06. The number of hydrogen-bond acceptors (Lipinski definition) is 8. The molecule has 1 aliphatic rings. The number of nitrogens with one attached hydrogen (secondary N) is 1. The minimum atomic E-state index is -1.15. The van der Waals surface area contributed by atoms with Crippen molar-refractivity contribution in [3.8, 4) is 5.75 Å². The fourth-order valence-electron chi connectivity index (χ4n) is 2.92. The van der Waals surface area contributed by atoms with E-state index >= 15 is 0 Å². The summed E-state index contributed by atoms with van der Waals surface area (Å²) in [7, 11) is 1.61. The molecule has 0 atom stereocenters. The van der Waals surface area contributed by atoms with E-state index in [4.69, 9.17) is 23.7 Å². The summed E-state index contributed by atoms with van der Waals surface area (Å²) in [6.45, 7) is 5.16. The lowest BCUT2D eigenvalue weighted by Gasteiger charge is -2.28. The third kappa shape index (κ3) is 8.08. The number of rotatable bonds is 15. The molecule has 1 aromatic rings. The van der Waals surface area contributed by atoms with Crippen molar-refractivity contribution in [3.63, 3.8) is 0 Å². The molecule has 1 heterocycles. The zero-order valence-electron chi connectivity index (χ0n) is 18.4. The van der Waals surface area contributed by atoms with Crippen molar-refractivity contribution in [3.05, 3.63) is 23.3 Å². The van der Waals surface area contributed by atoms with Gasteiger partial charge in [0.05, 0.1) is 57.5 Å². The van der Waals surface area contributed by atoms with Crippen LogP contribution < -0.4 is 15.0 Å². The van der Waals surface area contributed by atoms with E-state index in [1.807, 2.05) is 0 Å². The molecule has 0 bridgehead atoms. The number of carboxylic acid groups (broad SMARTS) is 1. The fraction of sp³-hybridized carbons (Fsp3) is 0.571. The van der Waals surface area contributed by atoms with Gasteiger partial charge in [-0.1, -0.05) is 0 Å². The lowest BCUT2D eigenvalue weighted by atomic mass is 10.1. The molecular weight excluding hydrogens is 424 g/mol. The van der Waals surface area contributed by atoms with Gasteiger partial charge in [-0.2, -0.15) is 0 Å². The molecule has 1 aromatic carbocycles. The number of anilines is 1. The summed E-state index contributed by atoms with van der Waals surface area (Å²) in [5, 5.41) is 11.7. The Bertz CT molecular complexity index is 785. The summed E-state index contributed by atoms with van der Waals surface area (Å²) >= 11 is 0. The van der Waals surface area contributed by atoms with Gasteiger partial charge < -0.3 is 28.8 Å². The van der Waals surface area contributed by atoms with Gasteiger partial charge in [0.25, 0.3) is 0 Å². The van der Waals surface area contributed by atoms with Crippen LogP contribution in [0.25, 0.3) is 0 Å². The summed E-state index contributed by atoms with van der Waals surface area (Å²) in [5.74, 6) is -1.18. The molecule has 0 saturated carbocycles. The first-order valence-electron chi connectivity index (χ1n) is 10.3. The van der Waals surface area contributed by atoms with Crippen LogP contribution in [-0.2, 0) is 23.7 Å². The second kappa shape index (κ2) is 13.6. The second-order valence-electron chi connectivity index (χ2n) is 6.86. The molecule has 0 unspecified atom stereocenters. The zero-order chi connectivity index (χ0) is 23.3. The lowest BCUT2D eigenvalue weighted by Crippen LogP contribution is -2.49. The Labute approximate surface area is 186 Å². The molecule has 0 spiro atoms. The first kappa shape index (κ1) is 25.5. The number of methoxy groups -OCH3 is 1. The SMILES string of the molecule is COCCOCCOCCOCCOc1cc(C(=O)O)cc(N2CCC(=O)NC2=O)c1C. The van der Waals surface area contributed by atoms with Gasteiger partial charge in [-0.25, -0.2) is 9.59 Å². The van der Waals surface area contributed by atoms with Gasteiger partial charge in [-0.3, -0.25) is 15.0 Å². The molecule has 2 rings (SSSR count). The predicted molar refractivity (Wildman–Crippen MR) is 113 cm³/mol. The molecule has 1 aliphatic heterocycles. The Hall–Kier alpha value is -2.73. The molecule has 0 aliphatic carbocycles. The largest absolute Gasteiger partial charge is 0.491 e. The van der Waals surface area contributed by atoms with Crippen molar-refractivity contribution in [2.75, 3.05) is 71.4 Å². The standard InChI is InChI=1S/C21H30N2O9/c1-15-17(23-4-3-19(24)22-21(23)27)13-16(20(25)26)14-18(15)32-12-11-31-10-9-30-8-7-29-6-5-28-2/h13-14H,3-12H2,1-2H3,(H,25,26)(H,22,24,27). The number of hydrogen-bond donors (Lipinski definition) is 2. The Morgan fingerprint density at radius 2 is 1.59 bits per heavy atom. The van der Waals surface area contributed by atoms with E-state index in [1.54, 1.807) is 14.0 Å². The Morgan fingerprint density at radius 1 is 1.00 bits per heavy atom. The Kier molecular flexibility index (Phi) is 10.9. The fourth-order valence-corrected chi connectivity index (χ4v) is 2.92. The molecule has 11 heteroatoms. The van der Waals surface area contributed by atoms with Crippen LogP contribution in [0, 0.1) is 6.92 Å². The highest BCUT2D eigenvalue weighted by Crippen LogP contribution is 2.32. The van der Waals surface area contributed by atoms with Gasteiger partial charge in [0.15, 0.2) is 0 Å². The quantitative estimate of drug-likeness (QED) is 0.375. The number of carboxylic acids is 1. The van der Waals surface area contributed by atoms with E-state index in [-0.39, 0.29) is 37.6 Å². The van der Waals surface area contributed by atoms with Crippen LogP contribution in [-0.4, -0.2) is 89.5 Å². The first-order chi connectivity index (χ1) is 15.4. The topological polar surface area (TPSA) is 133 Å². The minimum absolute atomic E-state index is 0.0210. The summed E-state index contributed by atoms with van der Waals surface area (Å²) in [6, 6.07) is 2.21. The first-order valence-corrected chi connectivity index (χ1v) is 10.3. The van der Waals surface area contributed by atoms with E-state index < -0.39 is 12.0 Å². The molecular formula is C21H30N2O9. The Morgan fingerprint density at radius 3 is 2.16 bits per heavy atom. The zero-order valence-corrected chi connectivity index (χ0v) is 18.4. The molecule has 1 fully saturated rings. The van der Waals surface area contributed by atoms with E-state index in [2.05, 4.69) is 5.32 Å². The summed E-state index contributed by atoms with van der Waals surface area (Å²) in [4.78, 5) is 36.5. The number of urea groups is 1. The summed E-state index contributed by atoms with van der Waals surface area (Å²) in [6.07, 6.45) is 0.133. The van der Waals surface area contributed by atoms with Crippen LogP contribution in [0.3, 0.4) is 0 Å². The number of carbonyl (C=O) groups is 3. The molecule has 1 saturated heterocycles. The average molecular weight is 454 g/mol. The van der Waals surface area contributed by atoms with E-state index in [9.17, 15) is 19.5 Å². The molecule has 32 heavy (non-hydrogen) atoms. The van der Waals surface area contributed by atoms with E-state index in [1.165, 1.54) is 17.0 Å². The molecule has 2 N–H and O–H groups in total. The van der Waals surface area contributed by atoms with Crippen molar-refractivity contribution in [1.29, 1.82) is 0 Å². The molecule has 178 valence electrons. The van der Waals surface area contributed by atoms with Crippen LogP contribution >= 0.6 is 0 Å². The average Bonchev–Trinajstić information content (AvgIpc) is 2.75. The smallest absolute Gasteiger partial charge is 0.335 e. The highest BCUT2D eigenvalue weighted by atomic mass is 16.6. The molecule has 0 aromatic heterocycles. The molecule has 3 amide bonds. The maximum Gasteiger partial charge on any atom is 0.335 e. The maximum atomic E-state index is 12.2. The van der Waals surface area contributed by atoms with Gasteiger partial charge in [-0.05, 0) is 19.1 Å². The van der Waals surface area contributed by atoms with Crippen molar-refractivity contribution in [2.45, 2.75) is 13.3 Å². The van der Waals surface area contributed by atoms with Crippen LogP contribution in [0.1, 0.15) is 22.3 Å². The normalized spacial score (nSPS) is 13.9. The van der Waals surface area contributed by atoms with E-state index in [0.717, 1.165) is 0 Å². The third-order valence-corrected chi connectivity index (χ3v) is 4.59. The monoisotopic (exact) mass is 454 g/mol. The van der Waals surface area contributed by atoms with Crippen LogP contribution in [0.2, 0.25) is 0 Å². The predicted octanol–water partition coefficient (Wildman–Crippen LogP) is 1.21. The second-order valence-corrected chi connectivity index (χ2v) is 6.86. The number of amides is 3. The van der Waals surface area contributed by atoms with Crippen molar-refractivity contribution < 1.29 is 43.2 Å². The van der Waals surface area contributed by atoms with Crippen LogP contribution in [0.5, 0.6) is 5.75 Å². The van der Waals surface area contributed by atoms with Gasteiger partial charge in [0.1, 0.15) is 12.4 Å². The van der Waals surface area contributed by atoms with E-state index in [0.29, 0.717) is 56.6 Å². The van der Waals surface area contributed by atoms with Gasteiger partial charge in [-0.15, -0.1) is 0 Å². The lowest BCUT2D eigenvalue weighted by molar-refractivity contribution is -0.120. The van der Waals surface area contributed by atoms with Crippen LogP contribution in [0.15, 0.2) is 12.1 Å². The minimum Gasteiger partial charge on any atom is -0.491 e. The third-order valence-electron chi connectivity index (χ3n) is 4.59. The number of carbonyl (C=O) groups excluding carboxylic acids is 2. The van der Waals surface area contributed by atoms with Crippen LogP contribution in [0.4, 0.5) is 10.5 Å². The van der Waals surface area contributed by atoms with Gasteiger partial charge in [0, 0.05) is 25.6 Å². The Balaban J connectivity index is 1.80. The summed E-state index contributed by atoms with van der Waals surface area (Å²) in [5.41, 5.74) is 0.954. The number of ether oxygens (including phenoxy) is 5. The van der Waals surface area contributed by atoms with Crippen molar-refractivity contribution in [1.82, 2.24) is 5.32 Å². The number of aromatic carboxylic acids is 1. The molecule has 0 radical (unpaired) electrons. The maximum absolute atomic E-state index is 12.2. The number of imide groups is 1. The van der Waals surface area contributed by atoms with Gasteiger partial charge >= 0.3 is 12.0 Å².